The van der Waals surface area contributed by atoms with E-state index < -0.39 is 35.2 Å². The highest BCUT2D eigenvalue weighted by Gasteiger charge is 2.39. The number of pyridine rings is 1. The fourth-order valence-corrected chi connectivity index (χ4v) is 3.15. The lowest BCUT2D eigenvalue weighted by atomic mass is 10.0. The molecule has 12 heteroatoms. The summed E-state index contributed by atoms with van der Waals surface area (Å²) in [6.07, 6.45) is -2.27. The monoisotopic (exact) mass is 395 g/mol. The van der Waals surface area contributed by atoms with Crippen LogP contribution in [0.25, 0.3) is 5.82 Å². The predicted molar refractivity (Wildman–Crippen MR) is 85.7 cm³/mol. The van der Waals surface area contributed by atoms with E-state index in [1.807, 2.05) is 0 Å². The molecule has 0 spiro atoms. The lowest BCUT2D eigenvalue weighted by Gasteiger charge is -2.33. The van der Waals surface area contributed by atoms with Crippen LogP contribution in [0.5, 0.6) is 0 Å². The Balaban J connectivity index is 1.66. The van der Waals surface area contributed by atoms with E-state index in [1.165, 1.54) is 9.58 Å². The number of amides is 1. The maximum absolute atomic E-state index is 14.3. The van der Waals surface area contributed by atoms with Gasteiger partial charge in [0.1, 0.15) is 5.69 Å². The molecule has 0 fully saturated rings. The Morgan fingerprint density at radius 3 is 2.79 bits per heavy atom. The molecule has 4 heterocycles. The van der Waals surface area contributed by atoms with Crippen molar-refractivity contribution < 1.29 is 22.4 Å². The number of halogens is 4. The number of carbonyl (C=O) groups excluding carboxylic acids is 1. The number of H-pyrrole nitrogens is 1. The number of fused-ring (bicyclic) bond motifs is 1. The quantitative estimate of drug-likeness (QED) is 0.671. The highest BCUT2D eigenvalue weighted by atomic mass is 19.4. The summed E-state index contributed by atoms with van der Waals surface area (Å²) in [6.45, 7) is 1.70. The molecule has 8 nitrogen and oxygen atoms in total. The molecule has 1 amide bonds. The van der Waals surface area contributed by atoms with Crippen LogP contribution in [0.2, 0.25) is 0 Å². The molecule has 1 aliphatic heterocycles. The number of nitrogens with zero attached hydrogens (tertiary/aromatic N) is 6. The van der Waals surface area contributed by atoms with Crippen molar-refractivity contribution in [3.63, 3.8) is 0 Å². The Morgan fingerprint density at radius 1 is 1.32 bits per heavy atom. The van der Waals surface area contributed by atoms with E-state index in [9.17, 15) is 22.4 Å². The van der Waals surface area contributed by atoms with Gasteiger partial charge in [-0.2, -0.15) is 23.0 Å². The van der Waals surface area contributed by atoms with Crippen LogP contribution in [0.1, 0.15) is 34.4 Å². The van der Waals surface area contributed by atoms with Gasteiger partial charge in [0.15, 0.2) is 17.3 Å². The van der Waals surface area contributed by atoms with Crippen molar-refractivity contribution in [2.75, 3.05) is 0 Å². The van der Waals surface area contributed by atoms with E-state index in [-0.39, 0.29) is 6.54 Å². The number of hydrogen-bond donors (Lipinski definition) is 1. The van der Waals surface area contributed by atoms with Gasteiger partial charge in [-0.1, -0.05) is 5.21 Å². The van der Waals surface area contributed by atoms with Gasteiger partial charge in [0.25, 0.3) is 5.91 Å². The van der Waals surface area contributed by atoms with E-state index in [4.69, 9.17) is 0 Å². The van der Waals surface area contributed by atoms with Gasteiger partial charge in [-0.3, -0.25) is 9.89 Å². The Kier molecular flexibility index (Phi) is 4.12. The van der Waals surface area contributed by atoms with E-state index in [0.717, 1.165) is 18.0 Å². The molecule has 0 saturated carbocycles. The largest absolute Gasteiger partial charge is 0.436 e. The average molecular weight is 395 g/mol. The van der Waals surface area contributed by atoms with Gasteiger partial charge in [-0.15, -0.1) is 5.10 Å². The van der Waals surface area contributed by atoms with E-state index in [1.54, 1.807) is 19.2 Å². The Labute approximate surface area is 155 Å². The smallest absolute Gasteiger partial charge is 0.329 e. The van der Waals surface area contributed by atoms with Crippen LogP contribution < -0.4 is 0 Å². The second-order valence-corrected chi connectivity index (χ2v) is 6.33. The molecule has 0 aromatic carbocycles. The van der Waals surface area contributed by atoms with Crippen LogP contribution in [-0.4, -0.2) is 47.0 Å². The molecule has 3 aromatic rings. The standard InChI is InChI=1S/C16H13F4N7O/c1-8-6-11-10(23-25-27(11)12-3-5-22-24-12)7-26(8)15(28)9-2-4-21-14(13(9)17)16(18,19)20/h2-5,8H,6-7H2,1H3,(H,22,24)/t8-/m0/s1. The predicted octanol–water partition coefficient (Wildman–Crippen LogP) is 2.13. The topological polar surface area (TPSA) is 92.6 Å². The van der Waals surface area contributed by atoms with Crippen LogP contribution in [-0.2, 0) is 19.1 Å². The number of nitrogens with one attached hydrogen (secondary N) is 1. The summed E-state index contributed by atoms with van der Waals surface area (Å²) in [5.74, 6) is -2.02. The van der Waals surface area contributed by atoms with Crippen molar-refractivity contribution >= 4 is 5.91 Å². The molecule has 0 radical (unpaired) electrons. The minimum Gasteiger partial charge on any atom is -0.329 e. The first-order valence-electron chi connectivity index (χ1n) is 8.23. The number of alkyl halides is 3. The summed E-state index contributed by atoms with van der Waals surface area (Å²) in [5.41, 5.74) is -1.19. The van der Waals surface area contributed by atoms with Crippen LogP contribution in [0.3, 0.4) is 0 Å². The summed E-state index contributed by atoms with van der Waals surface area (Å²) in [6, 6.07) is 2.22. The number of rotatable bonds is 2. The van der Waals surface area contributed by atoms with Crippen LogP contribution >= 0.6 is 0 Å². The fourth-order valence-electron chi connectivity index (χ4n) is 3.15. The minimum atomic E-state index is -4.99. The number of aromatic nitrogens is 6. The molecule has 28 heavy (non-hydrogen) atoms. The van der Waals surface area contributed by atoms with E-state index in [0.29, 0.717) is 17.9 Å². The van der Waals surface area contributed by atoms with E-state index >= 15 is 0 Å². The van der Waals surface area contributed by atoms with Crippen molar-refractivity contribution in [2.24, 2.45) is 0 Å². The van der Waals surface area contributed by atoms with Crippen molar-refractivity contribution in [2.45, 2.75) is 32.1 Å². The molecule has 0 bridgehead atoms. The Morgan fingerprint density at radius 2 is 2.11 bits per heavy atom. The molecule has 0 aliphatic carbocycles. The third-order valence-electron chi connectivity index (χ3n) is 4.54. The molecule has 4 rings (SSSR count). The van der Waals surface area contributed by atoms with Crippen molar-refractivity contribution in [3.8, 4) is 5.82 Å². The third kappa shape index (κ3) is 2.90. The molecule has 3 aromatic heterocycles. The van der Waals surface area contributed by atoms with Gasteiger partial charge < -0.3 is 4.90 Å². The molecular formula is C16H13F4N7O. The van der Waals surface area contributed by atoms with Gasteiger partial charge in [0, 0.05) is 30.9 Å². The molecule has 1 N–H and O–H groups in total. The SMILES string of the molecule is C[C@H]1Cc2c(nnn2-c2cc[nH]n2)CN1C(=O)c1ccnc(C(F)(F)F)c1F. The Bertz CT molecular complexity index is 1030. The highest BCUT2D eigenvalue weighted by Crippen LogP contribution is 2.32. The molecule has 0 unspecified atom stereocenters. The maximum atomic E-state index is 14.3. The average Bonchev–Trinajstić information content (AvgIpc) is 3.28. The third-order valence-corrected chi connectivity index (χ3v) is 4.54. The second-order valence-electron chi connectivity index (χ2n) is 6.33. The van der Waals surface area contributed by atoms with Crippen molar-refractivity contribution in [1.82, 2.24) is 35.1 Å². The first kappa shape index (κ1) is 18.1. The summed E-state index contributed by atoms with van der Waals surface area (Å²) >= 11 is 0. The summed E-state index contributed by atoms with van der Waals surface area (Å²) < 4.78 is 54.5. The van der Waals surface area contributed by atoms with Gasteiger partial charge in [0.2, 0.25) is 0 Å². The molecule has 1 aliphatic rings. The van der Waals surface area contributed by atoms with Crippen LogP contribution in [0.4, 0.5) is 17.6 Å². The van der Waals surface area contributed by atoms with Gasteiger partial charge in [0.05, 0.1) is 17.8 Å². The van der Waals surface area contributed by atoms with Gasteiger partial charge in [-0.05, 0) is 13.0 Å². The Hall–Kier alpha value is -3.31. The number of aromatic amines is 1. The van der Waals surface area contributed by atoms with Crippen molar-refractivity contribution in [1.29, 1.82) is 0 Å². The minimum absolute atomic E-state index is 0.0110. The molecule has 0 saturated heterocycles. The molecule has 1 atom stereocenters. The normalized spacial score (nSPS) is 16.9. The van der Waals surface area contributed by atoms with Crippen molar-refractivity contribution in [3.05, 3.63) is 53.0 Å². The first-order chi connectivity index (χ1) is 13.3. The lowest BCUT2D eigenvalue weighted by molar-refractivity contribution is -0.143. The maximum Gasteiger partial charge on any atom is 0.436 e. The first-order valence-corrected chi connectivity index (χ1v) is 8.23. The highest BCUT2D eigenvalue weighted by molar-refractivity contribution is 5.95. The summed E-state index contributed by atoms with van der Waals surface area (Å²) in [5, 5.41) is 14.7. The van der Waals surface area contributed by atoms with Gasteiger partial charge >= 0.3 is 6.18 Å². The fraction of sp³-hybridized carbons (Fsp3) is 0.312. The summed E-state index contributed by atoms with van der Waals surface area (Å²) in [7, 11) is 0. The molecular weight excluding hydrogens is 382 g/mol. The second kappa shape index (κ2) is 6.39. The van der Waals surface area contributed by atoms with Crippen LogP contribution in [0.15, 0.2) is 24.5 Å². The zero-order valence-electron chi connectivity index (χ0n) is 14.4. The number of carbonyl (C=O) groups is 1. The van der Waals surface area contributed by atoms with Gasteiger partial charge in [-0.25, -0.2) is 9.37 Å². The lowest BCUT2D eigenvalue weighted by Crippen LogP contribution is -2.43. The molecule has 146 valence electrons. The zero-order chi connectivity index (χ0) is 20.1. The zero-order valence-corrected chi connectivity index (χ0v) is 14.4. The number of hydrogen-bond acceptors (Lipinski definition) is 5. The summed E-state index contributed by atoms with van der Waals surface area (Å²) in [4.78, 5) is 17.1. The van der Waals surface area contributed by atoms with E-state index in [2.05, 4.69) is 25.5 Å². The van der Waals surface area contributed by atoms with Crippen LogP contribution in [0, 0.1) is 5.82 Å².